The molecule has 2 fully saturated rings. The van der Waals surface area contributed by atoms with Crippen LogP contribution in [0.4, 0.5) is 5.82 Å². The molecular formula is C32H32N6OS2. The third-order valence-corrected chi connectivity index (χ3v) is 10.3. The number of piperazine rings is 1. The van der Waals surface area contributed by atoms with E-state index in [0.29, 0.717) is 12.8 Å². The molecule has 3 aromatic heterocycles. The highest BCUT2D eigenvalue weighted by molar-refractivity contribution is 7.25. The summed E-state index contributed by atoms with van der Waals surface area (Å²) >= 11 is 3.33. The molecule has 1 aliphatic heterocycles. The van der Waals surface area contributed by atoms with Gasteiger partial charge >= 0.3 is 0 Å². The lowest BCUT2D eigenvalue weighted by Crippen LogP contribution is -2.58. The van der Waals surface area contributed by atoms with Crippen LogP contribution in [0.1, 0.15) is 25.3 Å². The standard InChI is InChI=1S/C32H32N6OS2/c1-31(39)19-32(33,20-31)24-10-7-21(8-11-24)27-28(22-5-3-2-4-6-22)41-30(37-27)25-18-36-29(40-25)23-9-12-26(35-17-23)38-15-13-34-14-16-38/h2-12,17-18,34,39H,13-16,19-20,33H2,1H3. The van der Waals surface area contributed by atoms with Crippen molar-refractivity contribution in [2.45, 2.75) is 30.9 Å². The molecule has 0 radical (unpaired) electrons. The summed E-state index contributed by atoms with van der Waals surface area (Å²) in [6, 6.07) is 23.0. The predicted molar refractivity (Wildman–Crippen MR) is 168 cm³/mol. The summed E-state index contributed by atoms with van der Waals surface area (Å²) < 4.78 is 0. The van der Waals surface area contributed by atoms with Crippen LogP contribution in [0.5, 0.6) is 0 Å². The Labute approximate surface area is 247 Å². The van der Waals surface area contributed by atoms with Gasteiger partial charge in [-0.1, -0.05) is 54.6 Å². The van der Waals surface area contributed by atoms with Crippen molar-refractivity contribution < 1.29 is 5.11 Å². The number of nitrogens with one attached hydrogen (secondary N) is 1. The molecule has 2 aliphatic rings. The Bertz CT molecular complexity index is 1650. The molecular weight excluding hydrogens is 549 g/mol. The summed E-state index contributed by atoms with van der Waals surface area (Å²) in [7, 11) is 0. The third-order valence-electron chi connectivity index (χ3n) is 7.94. The first-order chi connectivity index (χ1) is 19.9. The van der Waals surface area contributed by atoms with Crippen molar-refractivity contribution in [1.82, 2.24) is 20.3 Å². The van der Waals surface area contributed by atoms with E-state index in [1.165, 1.54) is 0 Å². The summed E-state index contributed by atoms with van der Waals surface area (Å²) in [5, 5.41) is 15.5. The molecule has 2 aromatic carbocycles. The third kappa shape index (κ3) is 5.20. The normalized spacial score (nSPS) is 22.5. The number of benzene rings is 2. The molecule has 4 N–H and O–H groups in total. The lowest BCUT2D eigenvalue weighted by Gasteiger charge is -2.49. The number of nitrogens with zero attached hydrogens (tertiary/aromatic N) is 4. The van der Waals surface area contributed by atoms with E-state index >= 15 is 0 Å². The Morgan fingerprint density at radius 3 is 2.24 bits per heavy atom. The maximum absolute atomic E-state index is 10.3. The average molecular weight is 581 g/mol. The molecule has 0 atom stereocenters. The van der Waals surface area contributed by atoms with Crippen molar-refractivity contribution in [1.29, 1.82) is 0 Å². The molecule has 7 nitrogen and oxygen atoms in total. The van der Waals surface area contributed by atoms with E-state index in [2.05, 4.69) is 70.9 Å². The van der Waals surface area contributed by atoms with Gasteiger partial charge < -0.3 is 21.1 Å². The maximum Gasteiger partial charge on any atom is 0.136 e. The van der Waals surface area contributed by atoms with E-state index in [0.717, 1.165) is 79.7 Å². The van der Waals surface area contributed by atoms with Crippen LogP contribution in [0.15, 0.2) is 79.1 Å². The molecule has 4 heterocycles. The molecule has 0 unspecified atom stereocenters. The molecule has 1 saturated carbocycles. The van der Waals surface area contributed by atoms with Crippen LogP contribution in [-0.4, -0.2) is 51.8 Å². The second-order valence-corrected chi connectivity index (χ2v) is 13.3. The molecule has 0 spiro atoms. The van der Waals surface area contributed by atoms with Crippen molar-refractivity contribution in [3.05, 3.63) is 84.7 Å². The van der Waals surface area contributed by atoms with Gasteiger partial charge in [-0.05, 0) is 43.0 Å². The molecule has 9 heteroatoms. The molecule has 1 saturated heterocycles. The predicted octanol–water partition coefficient (Wildman–Crippen LogP) is 5.77. The molecule has 5 aromatic rings. The first-order valence-corrected chi connectivity index (χ1v) is 15.6. The number of hydrogen-bond acceptors (Lipinski definition) is 9. The minimum Gasteiger partial charge on any atom is -0.390 e. The van der Waals surface area contributed by atoms with Crippen LogP contribution in [0.25, 0.3) is 42.2 Å². The SMILES string of the molecule is CC1(O)CC(N)(c2ccc(-c3nc(-c4cnc(-c5ccc(N6CCNCC6)nc5)s4)sc3-c3ccccc3)cc2)C1. The largest absolute Gasteiger partial charge is 0.390 e. The number of rotatable bonds is 6. The van der Waals surface area contributed by atoms with E-state index in [1.54, 1.807) is 22.7 Å². The summed E-state index contributed by atoms with van der Waals surface area (Å²) in [6.45, 7) is 5.77. The number of nitrogens with two attached hydrogens (primary N) is 1. The van der Waals surface area contributed by atoms with Gasteiger partial charge in [0.25, 0.3) is 0 Å². The lowest BCUT2D eigenvalue weighted by molar-refractivity contribution is -0.0738. The topological polar surface area (TPSA) is 100 Å². The van der Waals surface area contributed by atoms with E-state index in [1.807, 2.05) is 25.4 Å². The average Bonchev–Trinajstić information content (AvgIpc) is 3.66. The number of anilines is 1. The number of aromatic nitrogens is 3. The fourth-order valence-corrected chi connectivity index (χ4v) is 8.02. The molecule has 0 bridgehead atoms. The summed E-state index contributed by atoms with van der Waals surface area (Å²) in [6.07, 6.45) is 4.98. The van der Waals surface area contributed by atoms with Gasteiger partial charge in [-0.3, -0.25) is 0 Å². The number of thiazole rings is 2. The molecule has 208 valence electrons. The first-order valence-electron chi connectivity index (χ1n) is 13.9. The Hall–Kier alpha value is -3.47. The molecule has 1 aliphatic carbocycles. The quantitative estimate of drug-likeness (QED) is 0.234. The van der Waals surface area contributed by atoms with Gasteiger partial charge in [0.1, 0.15) is 15.8 Å². The van der Waals surface area contributed by atoms with Gasteiger partial charge in [0.2, 0.25) is 0 Å². The van der Waals surface area contributed by atoms with Gasteiger partial charge in [0.15, 0.2) is 0 Å². The van der Waals surface area contributed by atoms with Crippen LogP contribution in [0, 0.1) is 0 Å². The molecule has 0 amide bonds. The first kappa shape index (κ1) is 26.4. The second-order valence-electron chi connectivity index (χ2n) is 11.3. The zero-order chi connectivity index (χ0) is 28.0. The van der Waals surface area contributed by atoms with Gasteiger partial charge in [0.05, 0.1) is 21.0 Å². The number of aliphatic hydroxyl groups is 1. The smallest absolute Gasteiger partial charge is 0.136 e. The Morgan fingerprint density at radius 1 is 0.829 bits per heavy atom. The Kier molecular flexibility index (Phi) is 6.72. The lowest BCUT2D eigenvalue weighted by atomic mass is 9.63. The Balaban J connectivity index is 1.19. The van der Waals surface area contributed by atoms with Crippen molar-refractivity contribution in [3.63, 3.8) is 0 Å². The van der Waals surface area contributed by atoms with E-state index in [4.69, 9.17) is 20.7 Å². The van der Waals surface area contributed by atoms with Gasteiger partial charge in [-0.2, -0.15) is 0 Å². The van der Waals surface area contributed by atoms with Crippen molar-refractivity contribution in [2.24, 2.45) is 5.73 Å². The van der Waals surface area contributed by atoms with Crippen LogP contribution in [0.2, 0.25) is 0 Å². The zero-order valence-electron chi connectivity index (χ0n) is 22.9. The number of hydrogen-bond donors (Lipinski definition) is 3. The van der Waals surface area contributed by atoms with Crippen molar-refractivity contribution in [3.8, 4) is 42.2 Å². The highest BCUT2D eigenvalue weighted by atomic mass is 32.1. The summed E-state index contributed by atoms with van der Waals surface area (Å²) in [4.78, 5) is 19.1. The van der Waals surface area contributed by atoms with Crippen LogP contribution >= 0.6 is 22.7 Å². The summed E-state index contributed by atoms with van der Waals surface area (Å²) in [5.74, 6) is 1.01. The van der Waals surface area contributed by atoms with Crippen LogP contribution < -0.4 is 16.0 Å². The fourth-order valence-electron chi connectivity index (χ4n) is 5.98. The fraction of sp³-hybridized carbons (Fsp3) is 0.281. The van der Waals surface area contributed by atoms with Gasteiger partial charge in [-0.25, -0.2) is 15.0 Å². The van der Waals surface area contributed by atoms with Crippen LogP contribution in [-0.2, 0) is 5.54 Å². The highest BCUT2D eigenvalue weighted by Crippen LogP contribution is 2.47. The van der Waals surface area contributed by atoms with E-state index < -0.39 is 11.1 Å². The molecule has 41 heavy (non-hydrogen) atoms. The Morgan fingerprint density at radius 2 is 1.56 bits per heavy atom. The second kappa shape index (κ2) is 10.4. The minimum absolute atomic E-state index is 0.478. The minimum atomic E-state index is -0.686. The highest BCUT2D eigenvalue weighted by Gasteiger charge is 2.49. The molecule has 7 rings (SSSR count). The van der Waals surface area contributed by atoms with Crippen molar-refractivity contribution >= 4 is 28.5 Å². The van der Waals surface area contributed by atoms with Gasteiger partial charge in [0, 0.05) is 55.2 Å². The van der Waals surface area contributed by atoms with Gasteiger partial charge in [-0.15, -0.1) is 22.7 Å². The maximum atomic E-state index is 10.3. The van der Waals surface area contributed by atoms with Crippen molar-refractivity contribution in [2.75, 3.05) is 31.1 Å². The zero-order valence-corrected chi connectivity index (χ0v) is 24.5. The van der Waals surface area contributed by atoms with Crippen LogP contribution in [0.3, 0.4) is 0 Å². The van der Waals surface area contributed by atoms with E-state index in [9.17, 15) is 5.11 Å². The number of pyridine rings is 1. The summed E-state index contributed by atoms with van der Waals surface area (Å²) in [5.41, 5.74) is 10.6. The van der Waals surface area contributed by atoms with E-state index in [-0.39, 0.29) is 0 Å². The monoisotopic (exact) mass is 580 g/mol.